The van der Waals surface area contributed by atoms with Gasteiger partial charge in [-0.1, -0.05) is 6.92 Å². The number of rotatable bonds is 6. The van der Waals surface area contributed by atoms with E-state index in [9.17, 15) is 9.59 Å². The Morgan fingerprint density at radius 2 is 2.28 bits per heavy atom. The topological polar surface area (TPSA) is 68.5 Å². The molecule has 0 saturated heterocycles. The normalized spacial score (nSPS) is 10.6. The first-order valence-corrected chi connectivity index (χ1v) is 6.28. The summed E-state index contributed by atoms with van der Waals surface area (Å²) in [6.45, 7) is 2.24. The molecule has 0 aliphatic rings. The molecule has 1 aromatic heterocycles. The Bertz CT molecular complexity index is 439. The van der Waals surface area contributed by atoms with E-state index < -0.39 is 5.97 Å². The van der Waals surface area contributed by atoms with Crippen LogP contribution in [0.3, 0.4) is 0 Å². The molecule has 5 nitrogen and oxygen atoms in total. The number of hydrogen-bond donors (Lipinski definition) is 1. The predicted octanol–water partition coefficient (Wildman–Crippen LogP) is 2.12. The second-order valence-electron chi connectivity index (χ2n) is 3.43. The van der Waals surface area contributed by atoms with E-state index >= 15 is 0 Å². The van der Waals surface area contributed by atoms with Gasteiger partial charge in [0.15, 0.2) is 11.3 Å². The van der Waals surface area contributed by atoms with Gasteiger partial charge in [-0.15, -0.1) is 0 Å². The van der Waals surface area contributed by atoms with Crippen LogP contribution in [0, 0.1) is 0 Å². The number of hydrogen-bond acceptors (Lipinski definition) is 4. The fourth-order valence-corrected chi connectivity index (χ4v) is 1.39. The third-order valence-electron chi connectivity index (χ3n) is 1.90. The number of halogens is 1. The maximum atomic E-state index is 11.3. The number of carbonyl (C=O) groups excluding carboxylic acids is 2. The van der Waals surface area contributed by atoms with Crippen LogP contribution in [0.1, 0.15) is 19.1 Å². The van der Waals surface area contributed by atoms with Crippen LogP contribution in [-0.2, 0) is 14.3 Å². The molecule has 1 N–H and O–H groups in total. The summed E-state index contributed by atoms with van der Waals surface area (Å²) in [6.07, 6.45) is 3.52. The summed E-state index contributed by atoms with van der Waals surface area (Å²) in [5.41, 5.74) is 0. The van der Waals surface area contributed by atoms with Crippen LogP contribution < -0.4 is 5.32 Å². The van der Waals surface area contributed by atoms with Gasteiger partial charge >= 0.3 is 5.97 Å². The minimum Gasteiger partial charge on any atom is -0.452 e. The average molecular weight is 316 g/mol. The van der Waals surface area contributed by atoms with Gasteiger partial charge in [0.25, 0.3) is 5.91 Å². The lowest BCUT2D eigenvalue weighted by Gasteiger charge is -2.02. The number of ether oxygens (including phenoxy) is 1. The van der Waals surface area contributed by atoms with E-state index in [1.807, 2.05) is 6.92 Å². The van der Waals surface area contributed by atoms with Gasteiger partial charge in [0.1, 0.15) is 5.76 Å². The molecule has 0 spiro atoms. The monoisotopic (exact) mass is 315 g/mol. The van der Waals surface area contributed by atoms with Gasteiger partial charge in [-0.05, 0) is 40.6 Å². The first-order chi connectivity index (χ1) is 8.61. The minimum atomic E-state index is -0.589. The molecule has 98 valence electrons. The van der Waals surface area contributed by atoms with Crippen molar-refractivity contribution in [2.45, 2.75) is 13.3 Å². The average Bonchev–Trinajstić information content (AvgIpc) is 2.77. The van der Waals surface area contributed by atoms with Crippen LogP contribution in [0.5, 0.6) is 0 Å². The van der Waals surface area contributed by atoms with Gasteiger partial charge in [-0.2, -0.15) is 0 Å². The van der Waals surface area contributed by atoms with Crippen LogP contribution in [0.25, 0.3) is 6.08 Å². The maximum Gasteiger partial charge on any atom is 0.331 e. The molecule has 0 aliphatic carbocycles. The standard InChI is InChI=1S/C12H14BrNO4/c1-2-7-14-11(15)8-17-12(16)6-4-9-3-5-10(13)18-9/h3-6H,2,7-8H2,1H3,(H,14,15). The number of carbonyl (C=O) groups is 2. The molecule has 6 heteroatoms. The third kappa shape index (κ3) is 5.67. The summed E-state index contributed by atoms with van der Waals surface area (Å²) in [4.78, 5) is 22.4. The van der Waals surface area contributed by atoms with E-state index in [2.05, 4.69) is 21.2 Å². The molecule has 1 heterocycles. The fraction of sp³-hybridized carbons (Fsp3) is 0.333. The van der Waals surface area contributed by atoms with Crippen molar-refractivity contribution in [2.75, 3.05) is 13.2 Å². The molecule has 0 fully saturated rings. The minimum absolute atomic E-state index is 0.273. The third-order valence-corrected chi connectivity index (χ3v) is 2.32. The van der Waals surface area contributed by atoms with Crippen molar-refractivity contribution in [3.8, 4) is 0 Å². The molecular weight excluding hydrogens is 302 g/mol. The van der Waals surface area contributed by atoms with Crippen LogP contribution >= 0.6 is 15.9 Å². The van der Waals surface area contributed by atoms with E-state index in [1.165, 1.54) is 12.2 Å². The smallest absolute Gasteiger partial charge is 0.331 e. The molecule has 1 rings (SSSR count). The Labute approximate surface area is 113 Å². The molecule has 0 bridgehead atoms. The molecule has 1 aromatic rings. The first kappa shape index (κ1) is 14.5. The van der Waals surface area contributed by atoms with Gasteiger partial charge in [0.2, 0.25) is 0 Å². The zero-order valence-electron chi connectivity index (χ0n) is 9.94. The summed E-state index contributed by atoms with van der Waals surface area (Å²) >= 11 is 3.14. The summed E-state index contributed by atoms with van der Waals surface area (Å²) in [5, 5.41) is 2.60. The summed E-state index contributed by atoms with van der Waals surface area (Å²) in [6, 6.07) is 3.41. The van der Waals surface area contributed by atoms with E-state index in [0.717, 1.165) is 6.42 Å². The van der Waals surface area contributed by atoms with E-state index in [4.69, 9.17) is 9.15 Å². The molecular formula is C12H14BrNO4. The Morgan fingerprint density at radius 1 is 1.50 bits per heavy atom. The summed E-state index contributed by atoms with van der Waals surface area (Å²) < 4.78 is 10.5. The van der Waals surface area contributed by atoms with Crippen LogP contribution in [0.4, 0.5) is 0 Å². The predicted molar refractivity (Wildman–Crippen MR) is 69.7 cm³/mol. The van der Waals surface area contributed by atoms with E-state index in [1.54, 1.807) is 12.1 Å². The molecule has 0 atom stereocenters. The van der Waals surface area contributed by atoms with Crippen LogP contribution in [-0.4, -0.2) is 25.0 Å². The zero-order chi connectivity index (χ0) is 13.4. The van der Waals surface area contributed by atoms with Crippen molar-refractivity contribution in [3.63, 3.8) is 0 Å². The van der Waals surface area contributed by atoms with Gasteiger partial charge < -0.3 is 14.5 Å². The maximum absolute atomic E-state index is 11.3. The largest absolute Gasteiger partial charge is 0.452 e. The Balaban J connectivity index is 2.29. The van der Waals surface area contributed by atoms with Gasteiger partial charge in [-0.25, -0.2) is 4.79 Å². The lowest BCUT2D eigenvalue weighted by molar-refractivity contribution is -0.143. The number of furan rings is 1. The van der Waals surface area contributed by atoms with Crippen LogP contribution in [0.15, 0.2) is 27.3 Å². The highest BCUT2D eigenvalue weighted by atomic mass is 79.9. The van der Waals surface area contributed by atoms with Crippen molar-refractivity contribution in [1.82, 2.24) is 5.32 Å². The Kier molecular flexibility index (Phi) is 6.21. The Morgan fingerprint density at radius 3 is 2.89 bits per heavy atom. The quantitative estimate of drug-likeness (QED) is 0.645. The lowest BCUT2D eigenvalue weighted by atomic mass is 10.4. The van der Waals surface area contributed by atoms with Gasteiger partial charge in [0, 0.05) is 12.6 Å². The second kappa shape index (κ2) is 7.71. The van der Waals surface area contributed by atoms with Crippen LogP contribution in [0.2, 0.25) is 0 Å². The zero-order valence-corrected chi connectivity index (χ0v) is 11.5. The van der Waals surface area contributed by atoms with Gasteiger partial charge in [0.05, 0.1) is 0 Å². The van der Waals surface area contributed by atoms with E-state index in [0.29, 0.717) is 17.0 Å². The SMILES string of the molecule is CCCNC(=O)COC(=O)C=Cc1ccc(Br)o1. The van der Waals surface area contributed by atoms with Crippen molar-refractivity contribution in [1.29, 1.82) is 0 Å². The van der Waals surface area contributed by atoms with Crippen molar-refractivity contribution in [2.24, 2.45) is 0 Å². The van der Waals surface area contributed by atoms with Crippen molar-refractivity contribution in [3.05, 3.63) is 28.6 Å². The molecule has 0 radical (unpaired) electrons. The Hall–Kier alpha value is -1.56. The highest BCUT2D eigenvalue weighted by molar-refractivity contribution is 9.10. The number of amides is 1. The number of nitrogens with one attached hydrogen (secondary N) is 1. The summed E-state index contributed by atoms with van der Waals surface area (Å²) in [5.74, 6) is -0.372. The fourth-order valence-electron chi connectivity index (χ4n) is 1.07. The van der Waals surface area contributed by atoms with Gasteiger partial charge in [-0.3, -0.25) is 4.79 Å². The lowest BCUT2D eigenvalue weighted by Crippen LogP contribution is -2.28. The molecule has 0 aromatic carbocycles. The molecule has 0 unspecified atom stereocenters. The van der Waals surface area contributed by atoms with E-state index in [-0.39, 0.29) is 12.5 Å². The first-order valence-electron chi connectivity index (χ1n) is 5.48. The highest BCUT2D eigenvalue weighted by Gasteiger charge is 2.04. The van der Waals surface area contributed by atoms with Crippen molar-refractivity contribution < 1.29 is 18.7 Å². The molecule has 0 aliphatic heterocycles. The number of esters is 1. The molecule has 0 saturated carbocycles. The second-order valence-corrected chi connectivity index (χ2v) is 4.21. The van der Waals surface area contributed by atoms with Crippen molar-refractivity contribution >= 4 is 33.9 Å². The summed E-state index contributed by atoms with van der Waals surface area (Å²) in [7, 11) is 0. The highest BCUT2D eigenvalue weighted by Crippen LogP contribution is 2.14. The molecule has 18 heavy (non-hydrogen) atoms. The molecule has 1 amide bonds.